The zero-order valence-electron chi connectivity index (χ0n) is 19.6. The van der Waals surface area contributed by atoms with Gasteiger partial charge in [-0.15, -0.1) is 12.4 Å². The number of carbonyl (C=O) groups is 3. The Hall–Kier alpha value is -3.89. The largest absolute Gasteiger partial charge is 0.506 e. The summed E-state index contributed by atoms with van der Waals surface area (Å²) in [6.45, 7) is 3.02. The van der Waals surface area contributed by atoms with E-state index < -0.39 is 0 Å². The standard InChI is InChI=1S/C25H26N6O4.ClH/c1-15-11-18(22(32)13-28-15)23(33)16-4-6-17(7-5-16)24(34)30-19-3-2-9-26-12-21(19)31-25(35)20-8-10-27-14-29-20;/h4-8,10-11,13-14,19,21,26,32H,2-3,9,12H2,1H3,(H,30,34)(H,31,35);1H/t19-,21-;/m1./s1. The number of aromatic hydroxyl groups is 1. The van der Waals surface area contributed by atoms with Crippen molar-refractivity contribution >= 4 is 30.0 Å². The average molecular weight is 511 g/mol. The van der Waals surface area contributed by atoms with Crippen molar-refractivity contribution in [3.05, 3.63) is 83.2 Å². The van der Waals surface area contributed by atoms with Crippen molar-refractivity contribution < 1.29 is 19.5 Å². The van der Waals surface area contributed by atoms with Gasteiger partial charge in [-0.1, -0.05) is 12.1 Å². The minimum absolute atomic E-state index is 0. The number of pyridine rings is 1. The molecule has 0 radical (unpaired) electrons. The van der Waals surface area contributed by atoms with E-state index in [4.69, 9.17) is 0 Å². The van der Waals surface area contributed by atoms with Crippen LogP contribution >= 0.6 is 12.4 Å². The van der Waals surface area contributed by atoms with Crippen LogP contribution < -0.4 is 16.0 Å². The predicted molar refractivity (Wildman–Crippen MR) is 134 cm³/mol. The summed E-state index contributed by atoms with van der Waals surface area (Å²) in [5.41, 5.74) is 1.75. The number of aromatic nitrogens is 3. The van der Waals surface area contributed by atoms with Gasteiger partial charge in [0, 0.05) is 29.6 Å². The van der Waals surface area contributed by atoms with Crippen LogP contribution in [-0.2, 0) is 0 Å². The first-order valence-electron chi connectivity index (χ1n) is 11.3. The van der Waals surface area contributed by atoms with Gasteiger partial charge in [0.15, 0.2) is 5.78 Å². The van der Waals surface area contributed by atoms with Gasteiger partial charge in [-0.25, -0.2) is 9.97 Å². The van der Waals surface area contributed by atoms with Gasteiger partial charge in [-0.05, 0) is 50.6 Å². The van der Waals surface area contributed by atoms with E-state index >= 15 is 0 Å². The molecule has 1 fully saturated rings. The lowest BCUT2D eigenvalue weighted by molar-refractivity contribution is 0.0880. The maximum Gasteiger partial charge on any atom is 0.270 e. The normalized spacial score (nSPS) is 17.2. The van der Waals surface area contributed by atoms with Crippen molar-refractivity contribution in [3.63, 3.8) is 0 Å². The quantitative estimate of drug-likeness (QED) is 0.367. The maximum absolute atomic E-state index is 13.0. The number of rotatable bonds is 6. The monoisotopic (exact) mass is 510 g/mol. The Morgan fingerprint density at radius 1 is 1.00 bits per heavy atom. The zero-order valence-corrected chi connectivity index (χ0v) is 20.4. The molecule has 0 unspecified atom stereocenters. The molecule has 1 aromatic carbocycles. The van der Waals surface area contributed by atoms with Gasteiger partial charge in [0.2, 0.25) is 0 Å². The third-order valence-corrected chi connectivity index (χ3v) is 5.84. The first-order chi connectivity index (χ1) is 16.9. The lowest BCUT2D eigenvalue weighted by Gasteiger charge is -2.27. The highest BCUT2D eigenvalue weighted by molar-refractivity contribution is 6.11. The molecule has 2 atom stereocenters. The third kappa shape index (κ3) is 6.41. The Labute approximate surface area is 214 Å². The number of nitrogens with one attached hydrogen (secondary N) is 3. The molecular weight excluding hydrogens is 484 g/mol. The molecule has 3 heterocycles. The maximum atomic E-state index is 13.0. The number of carbonyl (C=O) groups excluding carboxylic acids is 3. The summed E-state index contributed by atoms with van der Waals surface area (Å²) in [5, 5.41) is 19.2. The number of hydrogen-bond acceptors (Lipinski definition) is 8. The fourth-order valence-corrected chi connectivity index (χ4v) is 3.95. The number of ketones is 1. The molecule has 0 saturated carbocycles. The van der Waals surface area contributed by atoms with Crippen molar-refractivity contribution in [3.8, 4) is 5.75 Å². The highest BCUT2D eigenvalue weighted by Crippen LogP contribution is 2.20. The van der Waals surface area contributed by atoms with Crippen molar-refractivity contribution in [1.29, 1.82) is 0 Å². The number of halogens is 1. The Bertz CT molecular complexity index is 1220. The second-order valence-corrected chi connectivity index (χ2v) is 8.35. The summed E-state index contributed by atoms with van der Waals surface area (Å²) in [5.74, 6) is -1.20. The molecule has 10 nitrogen and oxygen atoms in total. The number of hydrogen-bond donors (Lipinski definition) is 4. The van der Waals surface area contributed by atoms with Crippen molar-refractivity contribution in [2.24, 2.45) is 0 Å². The molecule has 1 aliphatic rings. The van der Waals surface area contributed by atoms with E-state index in [-0.39, 0.29) is 59.1 Å². The fourth-order valence-electron chi connectivity index (χ4n) is 3.95. The first-order valence-corrected chi connectivity index (χ1v) is 11.3. The van der Waals surface area contributed by atoms with Gasteiger partial charge in [-0.3, -0.25) is 19.4 Å². The van der Waals surface area contributed by atoms with Crippen LogP contribution in [0.15, 0.2) is 55.1 Å². The Morgan fingerprint density at radius 2 is 1.72 bits per heavy atom. The Kier molecular flexibility index (Phi) is 9.04. The second kappa shape index (κ2) is 12.2. The van der Waals surface area contributed by atoms with Crippen LogP contribution in [0.3, 0.4) is 0 Å². The van der Waals surface area contributed by atoms with E-state index in [9.17, 15) is 19.5 Å². The molecular formula is C25H27ClN6O4. The topological polar surface area (TPSA) is 146 Å². The molecule has 188 valence electrons. The van der Waals surface area contributed by atoms with E-state index in [1.54, 1.807) is 31.2 Å². The zero-order chi connectivity index (χ0) is 24.8. The fraction of sp³-hybridized carbons (Fsp3) is 0.280. The molecule has 36 heavy (non-hydrogen) atoms. The van der Waals surface area contributed by atoms with Gasteiger partial charge in [0.05, 0.1) is 23.8 Å². The van der Waals surface area contributed by atoms with Gasteiger partial charge in [-0.2, -0.15) is 0 Å². The summed E-state index contributed by atoms with van der Waals surface area (Å²) < 4.78 is 0. The van der Waals surface area contributed by atoms with Gasteiger partial charge >= 0.3 is 0 Å². The molecule has 2 amide bonds. The molecule has 1 aliphatic heterocycles. The van der Waals surface area contributed by atoms with Crippen molar-refractivity contribution in [2.45, 2.75) is 31.8 Å². The van der Waals surface area contributed by atoms with Crippen LogP contribution in [0.5, 0.6) is 5.75 Å². The molecule has 11 heteroatoms. The second-order valence-electron chi connectivity index (χ2n) is 8.35. The average Bonchev–Trinajstić information content (AvgIpc) is 3.10. The smallest absolute Gasteiger partial charge is 0.270 e. The molecule has 3 aromatic rings. The van der Waals surface area contributed by atoms with Crippen LogP contribution in [0.1, 0.15) is 55.3 Å². The lowest BCUT2D eigenvalue weighted by atomic mass is 10.0. The number of amides is 2. The highest BCUT2D eigenvalue weighted by Gasteiger charge is 2.27. The van der Waals surface area contributed by atoms with E-state index in [0.717, 1.165) is 13.0 Å². The van der Waals surface area contributed by atoms with Gasteiger partial charge in [0.25, 0.3) is 11.8 Å². The van der Waals surface area contributed by atoms with E-state index in [0.29, 0.717) is 29.8 Å². The predicted octanol–water partition coefficient (Wildman–Crippen LogP) is 1.82. The third-order valence-electron chi connectivity index (χ3n) is 5.84. The van der Waals surface area contributed by atoms with Crippen LogP contribution in [0, 0.1) is 6.92 Å². The van der Waals surface area contributed by atoms with E-state index in [2.05, 4.69) is 30.9 Å². The number of nitrogens with zero attached hydrogens (tertiary/aromatic N) is 3. The molecule has 2 aromatic heterocycles. The first kappa shape index (κ1) is 26.7. The molecule has 0 spiro atoms. The molecule has 0 bridgehead atoms. The van der Waals surface area contributed by atoms with Gasteiger partial charge < -0.3 is 21.1 Å². The summed E-state index contributed by atoms with van der Waals surface area (Å²) in [4.78, 5) is 50.1. The SMILES string of the molecule is Cc1cc(C(=O)c2ccc(C(=O)N[C@@H]3CCCNC[C@H]3NC(=O)c3ccncn3)cc2)c(O)cn1.Cl. The van der Waals surface area contributed by atoms with Crippen LogP contribution in [0.2, 0.25) is 0 Å². The van der Waals surface area contributed by atoms with Crippen LogP contribution in [-0.4, -0.2) is 62.8 Å². The van der Waals surface area contributed by atoms with Crippen molar-refractivity contribution in [2.75, 3.05) is 13.1 Å². The summed E-state index contributed by atoms with van der Waals surface area (Å²) >= 11 is 0. The Morgan fingerprint density at radius 3 is 2.44 bits per heavy atom. The van der Waals surface area contributed by atoms with E-state index in [1.807, 2.05) is 0 Å². The Balaban J connectivity index is 0.00000361. The highest BCUT2D eigenvalue weighted by atomic mass is 35.5. The summed E-state index contributed by atoms with van der Waals surface area (Å²) in [6.07, 6.45) is 5.58. The summed E-state index contributed by atoms with van der Waals surface area (Å²) in [6, 6.07) is 8.67. The molecule has 0 aliphatic carbocycles. The van der Waals surface area contributed by atoms with Crippen LogP contribution in [0.4, 0.5) is 0 Å². The molecule has 4 rings (SSSR count). The van der Waals surface area contributed by atoms with Crippen LogP contribution in [0.25, 0.3) is 0 Å². The minimum atomic E-state index is -0.359. The molecule has 1 saturated heterocycles. The minimum Gasteiger partial charge on any atom is -0.506 e. The number of benzene rings is 1. The molecule has 4 N–H and O–H groups in total. The lowest BCUT2D eigenvalue weighted by Crippen LogP contribution is -2.54. The van der Waals surface area contributed by atoms with Crippen molar-refractivity contribution in [1.82, 2.24) is 30.9 Å². The van der Waals surface area contributed by atoms with Gasteiger partial charge in [0.1, 0.15) is 17.8 Å². The number of aryl methyl sites for hydroxylation is 1. The summed E-state index contributed by atoms with van der Waals surface area (Å²) in [7, 11) is 0. The van der Waals surface area contributed by atoms with E-state index in [1.165, 1.54) is 30.9 Å².